The molecule has 1 aromatic heterocycles. The Morgan fingerprint density at radius 3 is 2.45 bits per heavy atom. The van der Waals surface area contributed by atoms with E-state index in [1.165, 1.54) is 18.4 Å². The standard InChI is InChI=1S/C36H48N4O3S/c1-24-8-6-9-25(2)34(24)32-21-33-38-35(37-32)39-44(41)30-11-7-10-26(18-30)12-13-31(28(23-43-33)22-36(3,4)5)27-19-29(20-27)40-14-16-42-17-15-40/h6-11,18,21,27-29,31H,12-17,19-20,22-23H2,1-5H3,(H,37,38,39)/t27?,28-,29?,31?,44?/m1/s1. The summed E-state index contributed by atoms with van der Waals surface area (Å²) in [6, 6.07) is 17.1. The van der Waals surface area contributed by atoms with Crippen molar-refractivity contribution in [2.45, 2.75) is 77.7 Å². The molecule has 0 radical (unpaired) electrons. The molecule has 2 aliphatic heterocycles. The van der Waals surface area contributed by atoms with Crippen LogP contribution in [-0.2, 0) is 22.1 Å². The molecule has 1 saturated carbocycles. The Labute approximate surface area is 265 Å². The lowest BCUT2D eigenvalue weighted by molar-refractivity contribution is -0.0401. The highest BCUT2D eigenvalue weighted by atomic mass is 32.2. The van der Waals surface area contributed by atoms with Gasteiger partial charge in [0.2, 0.25) is 11.8 Å². The molecular formula is C36H48N4O3S. The highest BCUT2D eigenvalue weighted by Gasteiger charge is 2.42. The molecule has 2 aromatic carbocycles. The summed E-state index contributed by atoms with van der Waals surface area (Å²) in [4.78, 5) is 13.0. The first-order chi connectivity index (χ1) is 21.1. The number of nitrogens with zero attached hydrogens (tertiary/aromatic N) is 3. The molecule has 7 nitrogen and oxygen atoms in total. The zero-order valence-electron chi connectivity index (χ0n) is 27.0. The minimum Gasteiger partial charge on any atom is -0.477 e. The first-order valence-electron chi connectivity index (χ1n) is 16.3. The van der Waals surface area contributed by atoms with Crippen LogP contribution in [0.2, 0.25) is 0 Å². The van der Waals surface area contributed by atoms with Gasteiger partial charge in [-0.1, -0.05) is 51.1 Å². The van der Waals surface area contributed by atoms with Crippen molar-refractivity contribution in [2.75, 3.05) is 37.6 Å². The van der Waals surface area contributed by atoms with Gasteiger partial charge in [0, 0.05) is 30.8 Å². The van der Waals surface area contributed by atoms with Crippen LogP contribution in [0, 0.1) is 37.0 Å². The third kappa shape index (κ3) is 7.35. The predicted molar refractivity (Wildman–Crippen MR) is 177 cm³/mol. The van der Waals surface area contributed by atoms with E-state index >= 15 is 0 Å². The number of aryl methyl sites for hydroxylation is 3. The largest absolute Gasteiger partial charge is 0.477 e. The highest BCUT2D eigenvalue weighted by Crippen LogP contribution is 2.45. The topological polar surface area (TPSA) is 76.6 Å². The van der Waals surface area contributed by atoms with Gasteiger partial charge in [-0.05, 0) is 97.9 Å². The van der Waals surface area contributed by atoms with E-state index < -0.39 is 11.0 Å². The van der Waals surface area contributed by atoms with Gasteiger partial charge in [-0.2, -0.15) is 4.98 Å². The fourth-order valence-corrected chi connectivity index (χ4v) is 8.41. The summed E-state index contributed by atoms with van der Waals surface area (Å²) in [6.07, 6.45) is 5.63. The normalized spacial score (nSPS) is 26.5. The van der Waals surface area contributed by atoms with Crippen molar-refractivity contribution in [3.63, 3.8) is 0 Å². The molecule has 1 N–H and O–H groups in total. The van der Waals surface area contributed by atoms with Gasteiger partial charge in [0.05, 0.1) is 30.4 Å². The lowest BCUT2D eigenvalue weighted by Crippen LogP contribution is -2.52. The predicted octanol–water partition coefficient (Wildman–Crippen LogP) is 7.00. The Morgan fingerprint density at radius 2 is 1.73 bits per heavy atom. The maximum Gasteiger partial charge on any atom is 0.238 e. The fraction of sp³-hybridized carbons (Fsp3) is 0.556. The second kappa shape index (κ2) is 13.3. The van der Waals surface area contributed by atoms with Crippen LogP contribution < -0.4 is 9.46 Å². The van der Waals surface area contributed by atoms with Crippen molar-refractivity contribution in [1.82, 2.24) is 14.9 Å². The van der Waals surface area contributed by atoms with Crippen LogP contribution in [0.4, 0.5) is 5.95 Å². The molecule has 6 rings (SSSR count). The van der Waals surface area contributed by atoms with Crippen molar-refractivity contribution in [3.05, 3.63) is 65.2 Å². The molecule has 0 spiro atoms. The van der Waals surface area contributed by atoms with Crippen LogP contribution in [0.15, 0.2) is 53.4 Å². The van der Waals surface area contributed by atoms with Crippen LogP contribution in [-0.4, -0.2) is 58.0 Å². The van der Waals surface area contributed by atoms with Crippen molar-refractivity contribution in [2.24, 2.45) is 23.2 Å². The Kier molecular flexibility index (Phi) is 9.41. The summed E-state index contributed by atoms with van der Waals surface area (Å²) in [5, 5.41) is 0. The summed E-state index contributed by atoms with van der Waals surface area (Å²) >= 11 is 0. The van der Waals surface area contributed by atoms with Crippen LogP contribution in [0.1, 0.15) is 63.1 Å². The van der Waals surface area contributed by atoms with Gasteiger partial charge >= 0.3 is 0 Å². The molecule has 1 aliphatic carbocycles. The van der Waals surface area contributed by atoms with Crippen molar-refractivity contribution >= 4 is 16.9 Å². The summed E-state index contributed by atoms with van der Waals surface area (Å²) in [5.74, 6) is 2.43. The van der Waals surface area contributed by atoms with E-state index in [1.54, 1.807) is 0 Å². The first-order valence-corrected chi connectivity index (χ1v) is 17.5. The van der Waals surface area contributed by atoms with Gasteiger partial charge in [0.25, 0.3) is 0 Å². The minimum atomic E-state index is -1.50. The van der Waals surface area contributed by atoms with E-state index in [1.807, 2.05) is 18.2 Å². The summed E-state index contributed by atoms with van der Waals surface area (Å²) in [6.45, 7) is 15.6. The molecule has 2 fully saturated rings. The maximum atomic E-state index is 13.5. The van der Waals surface area contributed by atoms with Gasteiger partial charge < -0.3 is 9.47 Å². The van der Waals surface area contributed by atoms with E-state index in [0.717, 1.165) is 72.8 Å². The Hall–Kier alpha value is -2.81. The molecule has 236 valence electrons. The molecule has 1 saturated heterocycles. The van der Waals surface area contributed by atoms with Crippen LogP contribution in [0.25, 0.3) is 11.3 Å². The number of hydrogen-bond acceptors (Lipinski definition) is 6. The van der Waals surface area contributed by atoms with Gasteiger partial charge in [-0.15, -0.1) is 0 Å². The first kappa shape index (κ1) is 31.2. The smallest absolute Gasteiger partial charge is 0.238 e. The third-order valence-corrected chi connectivity index (χ3v) is 10.8. The SMILES string of the molecule is Cc1cccc(C)c1-c1cc2nc(n1)NS(=O)c1cccc(c1)CCC(C1CC(N3CCOCC3)C1)[C@H](CC(C)(C)C)CO2. The fourth-order valence-electron chi connectivity index (χ4n) is 7.57. The molecule has 3 heterocycles. The van der Waals surface area contributed by atoms with Crippen LogP contribution in [0.3, 0.4) is 0 Å². The zero-order chi connectivity index (χ0) is 30.8. The molecule has 0 amide bonds. The van der Waals surface area contributed by atoms with Gasteiger partial charge in [-0.3, -0.25) is 9.62 Å². The van der Waals surface area contributed by atoms with E-state index in [9.17, 15) is 4.21 Å². The molecule has 3 atom stereocenters. The maximum absolute atomic E-state index is 13.5. The molecule has 3 aliphatic rings. The van der Waals surface area contributed by atoms with E-state index in [-0.39, 0.29) is 5.41 Å². The molecule has 3 aromatic rings. The molecular weight excluding hydrogens is 568 g/mol. The highest BCUT2D eigenvalue weighted by molar-refractivity contribution is 7.86. The zero-order valence-corrected chi connectivity index (χ0v) is 27.8. The minimum absolute atomic E-state index is 0.170. The quantitative estimate of drug-likeness (QED) is 0.340. The van der Waals surface area contributed by atoms with Crippen LogP contribution in [0.5, 0.6) is 5.88 Å². The number of fused-ring (bicyclic) bond motifs is 4. The van der Waals surface area contributed by atoms with Gasteiger partial charge in [-0.25, -0.2) is 9.19 Å². The number of hydrogen-bond donors (Lipinski definition) is 1. The summed E-state index contributed by atoms with van der Waals surface area (Å²) in [7, 11) is -1.50. The van der Waals surface area contributed by atoms with E-state index in [2.05, 4.69) is 74.6 Å². The number of ether oxygens (including phenoxy) is 2. The van der Waals surface area contributed by atoms with Crippen LogP contribution >= 0.6 is 0 Å². The monoisotopic (exact) mass is 616 g/mol. The third-order valence-electron chi connectivity index (χ3n) is 9.75. The Bertz CT molecular complexity index is 1460. The van der Waals surface area contributed by atoms with Gasteiger partial charge in [0.1, 0.15) is 0 Å². The molecule has 4 bridgehead atoms. The van der Waals surface area contributed by atoms with Crippen molar-refractivity contribution in [1.29, 1.82) is 0 Å². The Morgan fingerprint density at radius 1 is 1.00 bits per heavy atom. The van der Waals surface area contributed by atoms with E-state index in [0.29, 0.717) is 42.2 Å². The van der Waals surface area contributed by atoms with E-state index in [4.69, 9.17) is 19.4 Å². The summed E-state index contributed by atoms with van der Waals surface area (Å²) < 4.78 is 28.9. The second-order valence-corrected chi connectivity index (χ2v) is 15.5. The number of anilines is 1. The lowest BCUT2D eigenvalue weighted by atomic mass is 9.63. The number of rotatable bonds is 4. The Balaban J connectivity index is 1.36. The lowest BCUT2D eigenvalue weighted by Gasteiger charge is -2.49. The summed E-state index contributed by atoms with van der Waals surface area (Å²) in [5.41, 5.74) is 5.50. The van der Waals surface area contributed by atoms with Crippen molar-refractivity contribution in [3.8, 4) is 17.1 Å². The molecule has 44 heavy (non-hydrogen) atoms. The van der Waals surface area contributed by atoms with Crippen molar-refractivity contribution < 1.29 is 13.7 Å². The number of morpholine rings is 1. The number of aromatic nitrogens is 2. The van der Waals surface area contributed by atoms with Gasteiger partial charge in [0.15, 0.2) is 11.0 Å². The second-order valence-electron chi connectivity index (χ2n) is 14.3. The number of benzene rings is 2. The average Bonchev–Trinajstić information content (AvgIpc) is 2.96. The average molecular weight is 617 g/mol. The molecule has 2 unspecified atom stereocenters. The number of nitrogens with one attached hydrogen (secondary N) is 1. The molecule has 8 heteroatoms.